The number of carboxylic acid groups (broad SMARTS) is 1. The van der Waals surface area contributed by atoms with Gasteiger partial charge in [0.05, 0.1) is 7.11 Å². The fourth-order valence-electron chi connectivity index (χ4n) is 1.61. The van der Waals surface area contributed by atoms with Crippen molar-refractivity contribution in [1.29, 1.82) is 5.26 Å². The van der Waals surface area contributed by atoms with Crippen molar-refractivity contribution in [1.82, 2.24) is 4.90 Å². The Morgan fingerprint density at radius 2 is 2.25 bits per heavy atom. The van der Waals surface area contributed by atoms with Crippen molar-refractivity contribution in [3.63, 3.8) is 0 Å². The van der Waals surface area contributed by atoms with Gasteiger partial charge in [0, 0.05) is 13.1 Å². The van der Waals surface area contributed by atoms with Crippen LogP contribution in [0.15, 0.2) is 11.1 Å². The van der Waals surface area contributed by atoms with Crippen LogP contribution >= 0.6 is 0 Å². The summed E-state index contributed by atoms with van der Waals surface area (Å²) in [6, 6.07) is 1.77. The maximum atomic E-state index is 11.3. The largest absolute Gasteiger partial charge is 0.465 e. The van der Waals surface area contributed by atoms with Gasteiger partial charge in [0.15, 0.2) is 0 Å². The van der Waals surface area contributed by atoms with E-state index in [1.54, 1.807) is 6.07 Å². The number of amides is 1. The molecule has 0 bridgehead atoms. The van der Waals surface area contributed by atoms with Crippen LogP contribution < -0.4 is 0 Å². The van der Waals surface area contributed by atoms with Crippen LogP contribution in [0.3, 0.4) is 0 Å². The van der Waals surface area contributed by atoms with Gasteiger partial charge in [0.1, 0.15) is 11.6 Å². The molecular formula is C10H12N2O4. The molecule has 0 spiro atoms. The van der Waals surface area contributed by atoms with Gasteiger partial charge in [-0.15, -0.1) is 0 Å². The van der Waals surface area contributed by atoms with Crippen LogP contribution in [0, 0.1) is 11.3 Å². The van der Waals surface area contributed by atoms with E-state index in [-0.39, 0.29) is 12.1 Å². The second-order valence-corrected chi connectivity index (χ2v) is 3.39. The number of piperidine rings is 1. The Hall–Kier alpha value is -2.03. The van der Waals surface area contributed by atoms with E-state index >= 15 is 0 Å². The molecule has 0 unspecified atom stereocenters. The molecule has 1 amide bonds. The van der Waals surface area contributed by atoms with Gasteiger partial charge in [-0.3, -0.25) is 0 Å². The van der Waals surface area contributed by atoms with Crippen molar-refractivity contribution in [2.24, 2.45) is 0 Å². The number of rotatable bonds is 1. The summed E-state index contributed by atoms with van der Waals surface area (Å²) in [6.45, 7) is 0.534. The number of nitriles is 1. The third-order valence-electron chi connectivity index (χ3n) is 2.41. The zero-order valence-electron chi connectivity index (χ0n) is 8.89. The van der Waals surface area contributed by atoms with Crippen LogP contribution in [-0.4, -0.2) is 42.3 Å². The van der Waals surface area contributed by atoms with Gasteiger partial charge in [-0.1, -0.05) is 0 Å². The summed E-state index contributed by atoms with van der Waals surface area (Å²) in [7, 11) is 1.19. The zero-order valence-corrected chi connectivity index (χ0v) is 8.89. The summed E-state index contributed by atoms with van der Waals surface area (Å²) < 4.78 is 4.47. The minimum atomic E-state index is -1.04. The molecule has 1 rings (SSSR count). The third-order valence-corrected chi connectivity index (χ3v) is 2.41. The second kappa shape index (κ2) is 5.16. The molecule has 16 heavy (non-hydrogen) atoms. The van der Waals surface area contributed by atoms with E-state index in [9.17, 15) is 9.59 Å². The molecule has 1 heterocycles. The van der Waals surface area contributed by atoms with Crippen molar-refractivity contribution in [2.75, 3.05) is 20.2 Å². The van der Waals surface area contributed by atoms with Crippen LogP contribution in [0.2, 0.25) is 0 Å². The van der Waals surface area contributed by atoms with Gasteiger partial charge in [-0.25, -0.2) is 9.59 Å². The molecule has 0 saturated carbocycles. The molecule has 1 aliphatic heterocycles. The van der Waals surface area contributed by atoms with Crippen LogP contribution in [0.5, 0.6) is 0 Å². The maximum Gasteiger partial charge on any atom is 0.407 e. The Labute approximate surface area is 92.7 Å². The lowest BCUT2D eigenvalue weighted by atomic mass is 10.00. The normalized spacial score (nSPS) is 18.6. The molecule has 0 aromatic heterocycles. The molecule has 86 valence electrons. The molecule has 0 aromatic carbocycles. The van der Waals surface area contributed by atoms with Crippen molar-refractivity contribution in [3.8, 4) is 6.07 Å². The second-order valence-electron chi connectivity index (χ2n) is 3.39. The lowest BCUT2D eigenvalue weighted by Crippen LogP contribution is -2.36. The van der Waals surface area contributed by atoms with E-state index in [1.807, 2.05) is 0 Å². The van der Waals surface area contributed by atoms with Crippen molar-refractivity contribution in [2.45, 2.75) is 12.8 Å². The smallest absolute Gasteiger partial charge is 0.407 e. The summed E-state index contributed by atoms with van der Waals surface area (Å²) in [5.41, 5.74) is 0.455. The van der Waals surface area contributed by atoms with E-state index in [4.69, 9.17) is 10.4 Å². The quantitative estimate of drug-likeness (QED) is 0.403. The van der Waals surface area contributed by atoms with Gasteiger partial charge >= 0.3 is 12.1 Å². The number of likely N-dealkylation sites (tertiary alicyclic amines) is 1. The first kappa shape index (κ1) is 12.0. The van der Waals surface area contributed by atoms with Crippen LogP contribution in [0.25, 0.3) is 0 Å². The Morgan fingerprint density at radius 3 is 2.75 bits per heavy atom. The van der Waals surface area contributed by atoms with E-state index in [1.165, 1.54) is 12.0 Å². The van der Waals surface area contributed by atoms with Gasteiger partial charge < -0.3 is 14.7 Å². The van der Waals surface area contributed by atoms with Crippen LogP contribution in [-0.2, 0) is 9.53 Å². The number of nitrogens with zero attached hydrogens (tertiary/aromatic N) is 2. The average Bonchev–Trinajstić information content (AvgIpc) is 2.30. The lowest BCUT2D eigenvalue weighted by molar-refractivity contribution is -0.135. The van der Waals surface area contributed by atoms with Gasteiger partial charge in [-0.05, 0) is 18.4 Å². The van der Waals surface area contributed by atoms with E-state index < -0.39 is 12.1 Å². The van der Waals surface area contributed by atoms with E-state index in [0.29, 0.717) is 25.0 Å². The SMILES string of the molecule is COC(=O)/C(C#N)=C1/CCCN(C(=O)O)C1. The molecule has 1 aliphatic rings. The molecule has 6 nitrogen and oxygen atoms in total. The highest BCUT2D eigenvalue weighted by molar-refractivity contribution is 5.93. The highest BCUT2D eigenvalue weighted by Gasteiger charge is 2.24. The molecule has 0 aromatic rings. The number of esters is 1. The number of hydrogen-bond donors (Lipinski definition) is 1. The molecule has 0 atom stereocenters. The minimum Gasteiger partial charge on any atom is -0.465 e. The standard InChI is InChI=1S/C10H12N2O4/c1-16-9(13)8(5-11)7-3-2-4-12(6-7)10(14)15/h2-4,6H2,1H3,(H,14,15)/b8-7-. The fraction of sp³-hybridized carbons (Fsp3) is 0.500. The minimum absolute atomic E-state index is 0.0755. The predicted octanol–water partition coefficient (Wildman–Crippen LogP) is 0.753. The zero-order chi connectivity index (χ0) is 12.1. The molecule has 0 radical (unpaired) electrons. The predicted molar refractivity (Wildman–Crippen MR) is 53.5 cm³/mol. The molecule has 1 saturated heterocycles. The number of carbonyl (C=O) groups excluding carboxylic acids is 1. The van der Waals surface area contributed by atoms with Crippen molar-refractivity contribution < 1.29 is 19.4 Å². The van der Waals surface area contributed by atoms with E-state index in [0.717, 1.165) is 0 Å². The third kappa shape index (κ3) is 2.51. The average molecular weight is 224 g/mol. The van der Waals surface area contributed by atoms with Gasteiger partial charge in [-0.2, -0.15) is 5.26 Å². The first-order valence-corrected chi connectivity index (χ1v) is 4.78. The van der Waals surface area contributed by atoms with Crippen LogP contribution in [0.1, 0.15) is 12.8 Å². The summed E-state index contributed by atoms with van der Waals surface area (Å²) in [4.78, 5) is 23.2. The summed E-state index contributed by atoms with van der Waals surface area (Å²) in [5.74, 6) is -0.704. The highest BCUT2D eigenvalue weighted by Crippen LogP contribution is 2.19. The lowest BCUT2D eigenvalue weighted by Gasteiger charge is -2.26. The van der Waals surface area contributed by atoms with Crippen LogP contribution in [0.4, 0.5) is 4.79 Å². The van der Waals surface area contributed by atoms with Gasteiger partial charge in [0.2, 0.25) is 0 Å². The maximum absolute atomic E-state index is 11.3. The van der Waals surface area contributed by atoms with Crippen molar-refractivity contribution >= 4 is 12.1 Å². The summed E-state index contributed by atoms with van der Waals surface area (Å²) >= 11 is 0. The molecule has 0 aliphatic carbocycles. The number of carbonyl (C=O) groups is 2. The molecule has 1 fully saturated rings. The Balaban J connectivity index is 2.93. The van der Waals surface area contributed by atoms with Gasteiger partial charge in [0.25, 0.3) is 0 Å². The Bertz CT molecular complexity index is 381. The van der Waals surface area contributed by atoms with Crippen molar-refractivity contribution in [3.05, 3.63) is 11.1 Å². The number of hydrogen-bond acceptors (Lipinski definition) is 4. The first-order chi connectivity index (χ1) is 7.60. The first-order valence-electron chi connectivity index (χ1n) is 4.78. The molecule has 6 heteroatoms. The molecule has 1 N–H and O–H groups in total. The number of methoxy groups -OCH3 is 1. The topological polar surface area (TPSA) is 90.6 Å². The molecular weight excluding hydrogens is 212 g/mol. The highest BCUT2D eigenvalue weighted by atomic mass is 16.5. The summed E-state index contributed by atoms with van der Waals surface area (Å²) in [6.07, 6.45) is 0.130. The summed E-state index contributed by atoms with van der Waals surface area (Å²) in [5, 5.41) is 17.6. The van der Waals surface area contributed by atoms with E-state index in [2.05, 4.69) is 4.74 Å². The monoisotopic (exact) mass is 224 g/mol. The Kier molecular flexibility index (Phi) is 3.89. The fourth-order valence-corrected chi connectivity index (χ4v) is 1.61. The number of ether oxygens (including phenoxy) is 1. The Morgan fingerprint density at radius 1 is 1.56 bits per heavy atom.